The van der Waals surface area contributed by atoms with Crippen LogP contribution in [0.3, 0.4) is 0 Å². The van der Waals surface area contributed by atoms with Crippen molar-refractivity contribution in [2.75, 3.05) is 52.3 Å². The Kier molecular flexibility index (Phi) is 11.3. The second kappa shape index (κ2) is 14.7. The summed E-state index contributed by atoms with van der Waals surface area (Å²) in [5, 5.41) is 12.6. The maximum atomic E-state index is 13.3. The van der Waals surface area contributed by atoms with E-state index in [1.54, 1.807) is 4.90 Å². The Morgan fingerprint density at radius 3 is 2.47 bits per heavy atom. The lowest BCUT2D eigenvalue weighted by atomic mass is 9.99. The smallest absolute Gasteiger partial charge is 0.310 e. The molecule has 206 valence electrons. The van der Waals surface area contributed by atoms with Gasteiger partial charge in [0.15, 0.2) is 0 Å². The monoisotopic (exact) mass is 522 g/mol. The van der Waals surface area contributed by atoms with E-state index >= 15 is 0 Å². The second-order valence-corrected chi connectivity index (χ2v) is 10.0. The van der Waals surface area contributed by atoms with Crippen LogP contribution in [-0.4, -0.2) is 79.9 Å². The number of nitrogens with zero attached hydrogens (tertiary/aromatic N) is 2. The molecule has 0 fully saturated rings. The molecular weight excluding hydrogens is 480 g/mol. The van der Waals surface area contributed by atoms with E-state index < -0.39 is 6.17 Å². The highest BCUT2D eigenvalue weighted by atomic mass is 16.5. The van der Waals surface area contributed by atoms with Gasteiger partial charge in [-0.3, -0.25) is 9.59 Å². The maximum Gasteiger partial charge on any atom is 0.310 e. The van der Waals surface area contributed by atoms with Gasteiger partial charge in [0.25, 0.3) is 0 Å². The third kappa shape index (κ3) is 8.68. The van der Waals surface area contributed by atoms with Crippen LogP contribution >= 0.6 is 0 Å². The minimum absolute atomic E-state index is 0.0266. The zero-order valence-corrected chi connectivity index (χ0v) is 22.9. The Bertz CT molecular complexity index is 1100. The average molecular weight is 523 g/mol. The number of carbonyl (C=O) groups is 2. The minimum Gasteiger partial charge on any atom is -0.465 e. The maximum absolute atomic E-state index is 13.3. The lowest BCUT2D eigenvalue weighted by Crippen LogP contribution is -2.37. The molecule has 0 aliphatic carbocycles. The molecule has 1 unspecified atom stereocenters. The highest BCUT2D eigenvalue weighted by molar-refractivity contribution is 5.99. The van der Waals surface area contributed by atoms with Crippen molar-refractivity contribution in [2.24, 2.45) is 5.73 Å². The fourth-order valence-corrected chi connectivity index (χ4v) is 4.52. The topological polar surface area (TPSA) is 108 Å². The fraction of sp³-hybridized carbons (Fsp3) is 0.467. The van der Waals surface area contributed by atoms with E-state index in [-0.39, 0.29) is 24.9 Å². The van der Waals surface area contributed by atoms with Gasteiger partial charge in [-0.05, 0) is 67.8 Å². The molecule has 3 rings (SSSR count). The molecule has 0 aromatic heterocycles. The van der Waals surface area contributed by atoms with Gasteiger partial charge < -0.3 is 30.7 Å². The summed E-state index contributed by atoms with van der Waals surface area (Å²) in [6, 6.07) is 14.0. The summed E-state index contributed by atoms with van der Waals surface area (Å²) in [5.74, 6) is -0.244. The highest BCUT2D eigenvalue weighted by Crippen LogP contribution is 2.31. The van der Waals surface area contributed by atoms with Gasteiger partial charge in [0.2, 0.25) is 5.91 Å². The standard InChI is InChI=1S/C30H42N4O4/c1-4-13-34(15-5-16-35)30(37)26-19-25-12-11-24(20-27(25)32-28(31)21-26)23-9-7-22(8-10-23)18-29(36)38-17-6-14-33(2)3/h7-12,19-20,28,32,35H,4-6,13-18,21,31H2,1-3H3. The van der Waals surface area contributed by atoms with E-state index in [1.165, 1.54) is 0 Å². The molecular formula is C30H42N4O4. The number of aliphatic hydroxyl groups excluding tert-OH is 1. The molecule has 2 aromatic carbocycles. The predicted octanol–water partition coefficient (Wildman–Crippen LogP) is 3.50. The molecule has 2 aromatic rings. The number of nitrogens with two attached hydrogens (primary N) is 1. The molecule has 4 N–H and O–H groups in total. The molecule has 0 spiro atoms. The zero-order valence-electron chi connectivity index (χ0n) is 22.9. The molecule has 1 aliphatic heterocycles. The van der Waals surface area contributed by atoms with Crippen molar-refractivity contribution in [1.29, 1.82) is 0 Å². The van der Waals surface area contributed by atoms with Crippen molar-refractivity contribution in [1.82, 2.24) is 9.80 Å². The van der Waals surface area contributed by atoms with Crippen LogP contribution in [0.1, 0.15) is 43.7 Å². The van der Waals surface area contributed by atoms with Crippen LogP contribution < -0.4 is 11.1 Å². The summed E-state index contributed by atoms with van der Waals surface area (Å²) in [5.41, 5.74) is 11.8. The van der Waals surface area contributed by atoms with Crippen LogP contribution in [0.4, 0.5) is 5.69 Å². The molecule has 0 bridgehead atoms. The number of rotatable bonds is 13. The van der Waals surface area contributed by atoms with E-state index in [4.69, 9.17) is 10.5 Å². The number of nitrogens with one attached hydrogen (secondary N) is 1. The van der Waals surface area contributed by atoms with Crippen LogP contribution in [0.2, 0.25) is 0 Å². The number of aliphatic hydroxyl groups is 1. The average Bonchev–Trinajstić information content (AvgIpc) is 3.06. The molecule has 8 heteroatoms. The number of fused-ring (bicyclic) bond motifs is 1. The van der Waals surface area contributed by atoms with Crippen LogP contribution in [0.15, 0.2) is 48.0 Å². The number of benzene rings is 2. The van der Waals surface area contributed by atoms with Crippen molar-refractivity contribution >= 4 is 23.6 Å². The summed E-state index contributed by atoms with van der Waals surface area (Å²) >= 11 is 0. The van der Waals surface area contributed by atoms with E-state index in [1.807, 2.05) is 69.6 Å². The van der Waals surface area contributed by atoms with Gasteiger partial charge in [-0.2, -0.15) is 0 Å². The predicted molar refractivity (Wildman–Crippen MR) is 152 cm³/mol. The first kappa shape index (κ1) is 29.4. The third-order valence-corrected chi connectivity index (χ3v) is 6.45. The number of esters is 1. The van der Waals surface area contributed by atoms with Crippen LogP contribution in [0.5, 0.6) is 0 Å². The van der Waals surface area contributed by atoms with E-state index in [2.05, 4.69) is 10.2 Å². The summed E-state index contributed by atoms with van der Waals surface area (Å²) in [6.45, 7) is 4.59. The summed E-state index contributed by atoms with van der Waals surface area (Å²) in [4.78, 5) is 29.3. The molecule has 0 radical (unpaired) electrons. The van der Waals surface area contributed by atoms with E-state index in [0.29, 0.717) is 38.1 Å². The van der Waals surface area contributed by atoms with Crippen molar-refractivity contribution < 1.29 is 19.4 Å². The van der Waals surface area contributed by atoms with Gasteiger partial charge in [-0.1, -0.05) is 43.3 Å². The molecule has 0 saturated heterocycles. The lowest BCUT2D eigenvalue weighted by Gasteiger charge is -2.24. The SMILES string of the molecule is CCCN(CCCO)C(=O)C1=Cc2ccc(-c3ccc(CC(=O)OCCCN(C)C)cc3)cc2NC(N)C1. The second-order valence-electron chi connectivity index (χ2n) is 10.0. The normalized spacial score (nSPS) is 14.8. The van der Waals surface area contributed by atoms with Gasteiger partial charge in [-0.15, -0.1) is 0 Å². The molecule has 1 heterocycles. The van der Waals surface area contributed by atoms with Crippen LogP contribution in [-0.2, 0) is 20.7 Å². The number of anilines is 1. The Hall–Kier alpha value is -3.20. The fourth-order valence-electron chi connectivity index (χ4n) is 4.52. The van der Waals surface area contributed by atoms with Gasteiger partial charge in [0.05, 0.1) is 19.2 Å². The highest BCUT2D eigenvalue weighted by Gasteiger charge is 2.23. The van der Waals surface area contributed by atoms with Crippen molar-refractivity contribution in [3.8, 4) is 11.1 Å². The number of carbonyl (C=O) groups excluding carboxylic acids is 2. The first-order valence-corrected chi connectivity index (χ1v) is 13.5. The van der Waals surface area contributed by atoms with Crippen molar-refractivity contribution in [3.63, 3.8) is 0 Å². The largest absolute Gasteiger partial charge is 0.465 e. The molecule has 1 amide bonds. The molecule has 1 atom stereocenters. The van der Waals surface area contributed by atoms with Crippen LogP contribution in [0, 0.1) is 0 Å². The minimum atomic E-state index is -0.394. The number of amides is 1. The lowest BCUT2D eigenvalue weighted by molar-refractivity contribution is -0.143. The van der Waals surface area contributed by atoms with Crippen molar-refractivity contribution in [3.05, 3.63) is 59.2 Å². The van der Waals surface area contributed by atoms with E-state index in [0.717, 1.165) is 47.3 Å². The van der Waals surface area contributed by atoms with Gasteiger partial charge in [-0.25, -0.2) is 0 Å². The molecule has 8 nitrogen and oxygen atoms in total. The Morgan fingerprint density at radius 2 is 1.79 bits per heavy atom. The molecule has 1 aliphatic rings. The molecule has 38 heavy (non-hydrogen) atoms. The van der Waals surface area contributed by atoms with Crippen molar-refractivity contribution in [2.45, 2.75) is 45.2 Å². The molecule has 0 saturated carbocycles. The first-order valence-electron chi connectivity index (χ1n) is 13.5. The summed E-state index contributed by atoms with van der Waals surface area (Å²) in [6.07, 6.45) is 4.43. The van der Waals surface area contributed by atoms with Gasteiger partial charge in [0, 0.05) is 43.9 Å². The van der Waals surface area contributed by atoms with E-state index in [9.17, 15) is 14.7 Å². The Balaban J connectivity index is 1.70. The zero-order chi connectivity index (χ0) is 27.5. The summed E-state index contributed by atoms with van der Waals surface area (Å²) < 4.78 is 5.34. The van der Waals surface area contributed by atoms with Crippen LogP contribution in [0.25, 0.3) is 17.2 Å². The third-order valence-electron chi connectivity index (χ3n) is 6.45. The number of hydrogen-bond acceptors (Lipinski definition) is 7. The summed E-state index contributed by atoms with van der Waals surface area (Å²) in [7, 11) is 3.99. The van der Waals surface area contributed by atoms with Gasteiger partial charge >= 0.3 is 5.97 Å². The quantitative estimate of drug-likeness (QED) is 0.273. The number of hydrogen-bond donors (Lipinski definition) is 3. The number of ether oxygens (including phenoxy) is 1. The first-order chi connectivity index (χ1) is 18.3. The Morgan fingerprint density at radius 1 is 1.05 bits per heavy atom. The van der Waals surface area contributed by atoms with Gasteiger partial charge in [0.1, 0.15) is 0 Å². The Labute approximate surface area is 226 Å².